The molecule has 116 valence electrons. The molecule has 1 aliphatic carbocycles. The summed E-state index contributed by atoms with van der Waals surface area (Å²) < 4.78 is 38.9. The van der Waals surface area contributed by atoms with E-state index in [2.05, 4.69) is 17.1 Å². The van der Waals surface area contributed by atoms with Crippen molar-refractivity contribution in [2.45, 2.75) is 57.0 Å². The minimum atomic E-state index is -4.28. The van der Waals surface area contributed by atoms with Crippen LogP contribution >= 0.6 is 0 Å². The molecule has 0 radical (unpaired) electrons. The quantitative estimate of drug-likeness (QED) is 0.916. The van der Waals surface area contributed by atoms with Gasteiger partial charge in [0.2, 0.25) is 0 Å². The molecule has 1 saturated carbocycles. The maximum atomic E-state index is 13.0. The standard InChI is InChI=1S/C16H21F3N2/c1-11-8-13(10-21(11)14-6-7-14)20-9-12-4-2-3-5-15(12)16(17,18)19/h2-5,11,13-14,20H,6-10H2,1H3. The lowest BCUT2D eigenvalue weighted by Crippen LogP contribution is -2.34. The SMILES string of the molecule is CC1CC(NCc2ccccc2C(F)(F)F)CN1C1CC1. The van der Waals surface area contributed by atoms with E-state index in [4.69, 9.17) is 0 Å². The average molecular weight is 298 g/mol. The summed E-state index contributed by atoms with van der Waals surface area (Å²) in [6, 6.07) is 7.38. The molecule has 1 aliphatic heterocycles. The summed E-state index contributed by atoms with van der Waals surface area (Å²) in [4.78, 5) is 2.49. The molecule has 0 aromatic heterocycles. The van der Waals surface area contributed by atoms with Crippen molar-refractivity contribution in [2.75, 3.05) is 6.54 Å². The van der Waals surface area contributed by atoms with Crippen molar-refractivity contribution in [1.29, 1.82) is 0 Å². The van der Waals surface area contributed by atoms with Crippen molar-refractivity contribution in [3.8, 4) is 0 Å². The Hall–Kier alpha value is -1.07. The van der Waals surface area contributed by atoms with Crippen molar-refractivity contribution in [1.82, 2.24) is 10.2 Å². The molecular weight excluding hydrogens is 277 g/mol. The molecule has 0 amide bonds. The van der Waals surface area contributed by atoms with Gasteiger partial charge in [-0.15, -0.1) is 0 Å². The minimum absolute atomic E-state index is 0.283. The molecule has 2 atom stereocenters. The van der Waals surface area contributed by atoms with E-state index in [0.717, 1.165) is 19.0 Å². The lowest BCUT2D eigenvalue weighted by atomic mass is 10.1. The second-order valence-corrected chi connectivity index (χ2v) is 6.25. The van der Waals surface area contributed by atoms with E-state index in [0.29, 0.717) is 23.7 Å². The monoisotopic (exact) mass is 298 g/mol. The largest absolute Gasteiger partial charge is 0.416 e. The van der Waals surface area contributed by atoms with Gasteiger partial charge in [-0.1, -0.05) is 18.2 Å². The molecule has 21 heavy (non-hydrogen) atoms. The van der Waals surface area contributed by atoms with Crippen molar-refractivity contribution >= 4 is 0 Å². The molecule has 1 aromatic rings. The number of hydrogen-bond donors (Lipinski definition) is 1. The van der Waals surface area contributed by atoms with Crippen LogP contribution in [-0.2, 0) is 12.7 Å². The minimum Gasteiger partial charge on any atom is -0.309 e. The molecule has 1 saturated heterocycles. The van der Waals surface area contributed by atoms with Gasteiger partial charge in [-0.05, 0) is 37.8 Å². The Balaban J connectivity index is 1.61. The van der Waals surface area contributed by atoms with Gasteiger partial charge in [0.1, 0.15) is 0 Å². The maximum Gasteiger partial charge on any atom is 0.416 e. The van der Waals surface area contributed by atoms with Crippen LogP contribution in [0.3, 0.4) is 0 Å². The summed E-state index contributed by atoms with van der Waals surface area (Å²) in [7, 11) is 0. The van der Waals surface area contributed by atoms with Crippen molar-refractivity contribution in [2.24, 2.45) is 0 Å². The molecule has 3 rings (SSSR count). The Bertz CT molecular complexity index is 497. The van der Waals surface area contributed by atoms with Crippen LogP contribution in [0.2, 0.25) is 0 Å². The molecule has 1 aromatic carbocycles. The molecule has 2 nitrogen and oxygen atoms in total. The topological polar surface area (TPSA) is 15.3 Å². The van der Waals surface area contributed by atoms with Gasteiger partial charge in [-0.25, -0.2) is 0 Å². The second-order valence-electron chi connectivity index (χ2n) is 6.25. The van der Waals surface area contributed by atoms with Gasteiger partial charge in [0, 0.05) is 31.2 Å². The second kappa shape index (κ2) is 5.61. The van der Waals surface area contributed by atoms with Crippen molar-refractivity contribution in [3.63, 3.8) is 0 Å². The fraction of sp³-hybridized carbons (Fsp3) is 0.625. The van der Waals surface area contributed by atoms with Gasteiger partial charge in [-0.3, -0.25) is 4.90 Å². The molecular formula is C16H21F3N2. The number of benzene rings is 1. The Morgan fingerprint density at radius 3 is 2.62 bits per heavy atom. The fourth-order valence-corrected chi connectivity index (χ4v) is 3.32. The van der Waals surface area contributed by atoms with Gasteiger partial charge >= 0.3 is 6.18 Å². The Labute approximate surface area is 123 Å². The first kappa shape index (κ1) is 14.9. The van der Waals surface area contributed by atoms with Crippen LogP contribution in [0.5, 0.6) is 0 Å². The van der Waals surface area contributed by atoms with Gasteiger partial charge in [-0.2, -0.15) is 13.2 Å². The van der Waals surface area contributed by atoms with Gasteiger partial charge < -0.3 is 5.32 Å². The van der Waals surface area contributed by atoms with Crippen LogP contribution in [0.4, 0.5) is 13.2 Å². The molecule has 2 aliphatic rings. The predicted molar refractivity (Wildman–Crippen MR) is 75.9 cm³/mol. The summed E-state index contributed by atoms with van der Waals surface area (Å²) in [5, 5.41) is 3.31. The zero-order valence-corrected chi connectivity index (χ0v) is 12.2. The number of hydrogen-bond acceptors (Lipinski definition) is 2. The highest BCUT2D eigenvalue weighted by atomic mass is 19.4. The molecule has 0 spiro atoms. The molecule has 2 unspecified atom stereocenters. The lowest BCUT2D eigenvalue weighted by molar-refractivity contribution is -0.138. The Kier molecular flexibility index (Phi) is 3.97. The highest BCUT2D eigenvalue weighted by molar-refractivity contribution is 5.29. The van der Waals surface area contributed by atoms with Gasteiger partial charge in [0.15, 0.2) is 0 Å². The van der Waals surface area contributed by atoms with E-state index in [1.54, 1.807) is 12.1 Å². The lowest BCUT2D eigenvalue weighted by Gasteiger charge is -2.20. The number of likely N-dealkylation sites (tertiary alicyclic amines) is 1. The van der Waals surface area contributed by atoms with Crippen LogP contribution in [0.25, 0.3) is 0 Å². The van der Waals surface area contributed by atoms with E-state index < -0.39 is 11.7 Å². The summed E-state index contributed by atoms with van der Waals surface area (Å²) in [5.41, 5.74) is -0.190. The van der Waals surface area contributed by atoms with E-state index in [1.807, 2.05) is 0 Å². The first-order chi connectivity index (χ1) is 9.95. The highest BCUT2D eigenvalue weighted by Crippen LogP contribution is 2.34. The van der Waals surface area contributed by atoms with Crippen molar-refractivity contribution in [3.05, 3.63) is 35.4 Å². The van der Waals surface area contributed by atoms with E-state index in [9.17, 15) is 13.2 Å². The molecule has 0 bridgehead atoms. The zero-order chi connectivity index (χ0) is 15.0. The van der Waals surface area contributed by atoms with Gasteiger partial charge in [0.05, 0.1) is 5.56 Å². The van der Waals surface area contributed by atoms with Crippen LogP contribution in [0.1, 0.15) is 37.3 Å². The van der Waals surface area contributed by atoms with E-state index in [1.165, 1.54) is 18.9 Å². The Morgan fingerprint density at radius 2 is 1.95 bits per heavy atom. The van der Waals surface area contributed by atoms with Crippen LogP contribution in [0.15, 0.2) is 24.3 Å². The predicted octanol–water partition coefficient (Wildman–Crippen LogP) is 3.42. The average Bonchev–Trinajstić information content (AvgIpc) is 3.20. The van der Waals surface area contributed by atoms with E-state index >= 15 is 0 Å². The first-order valence-electron chi connectivity index (χ1n) is 7.59. The van der Waals surface area contributed by atoms with Gasteiger partial charge in [0.25, 0.3) is 0 Å². The third-order valence-electron chi connectivity index (χ3n) is 4.54. The summed E-state index contributed by atoms with van der Waals surface area (Å²) >= 11 is 0. The third-order valence-corrected chi connectivity index (χ3v) is 4.54. The first-order valence-corrected chi connectivity index (χ1v) is 7.59. The zero-order valence-electron chi connectivity index (χ0n) is 12.2. The number of nitrogens with zero attached hydrogens (tertiary/aromatic N) is 1. The molecule has 1 heterocycles. The number of nitrogens with one attached hydrogen (secondary N) is 1. The van der Waals surface area contributed by atoms with Crippen molar-refractivity contribution < 1.29 is 13.2 Å². The van der Waals surface area contributed by atoms with Crippen LogP contribution in [-0.4, -0.2) is 29.6 Å². The third kappa shape index (κ3) is 3.40. The highest BCUT2D eigenvalue weighted by Gasteiger charge is 2.39. The fourth-order valence-electron chi connectivity index (χ4n) is 3.32. The van der Waals surface area contributed by atoms with Crippen LogP contribution in [0, 0.1) is 0 Å². The molecule has 5 heteroatoms. The Morgan fingerprint density at radius 1 is 1.24 bits per heavy atom. The summed E-state index contributed by atoms with van der Waals surface area (Å²) in [6.45, 7) is 3.45. The summed E-state index contributed by atoms with van der Waals surface area (Å²) in [5.74, 6) is 0. The molecule has 2 fully saturated rings. The number of halogens is 3. The number of alkyl halides is 3. The smallest absolute Gasteiger partial charge is 0.309 e. The normalized spacial score (nSPS) is 27.2. The number of rotatable bonds is 4. The van der Waals surface area contributed by atoms with Crippen LogP contribution < -0.4 is 5.32 Å². The van der Waals surface area contributed by atoms with E-state index in [-0.39, 0.29) is 6.54 Å². The summed E-state index contributed by atoms with van der Waals surface area (Å²) in [6.07, 6.45) is -0.714. The molecule has 1 N–H and O–H groups in total. The maximum absolute atomic E-state index is 13.0.